The van der Waals surface area contributed by atoms with Crippen molar-refractivity contribution in [1.29, 1.82) is 0 Å². The normalized spacial score (nSPS) is 24.3. The molecular weight excluding hydrogens is 218 g/mol. The molecule has 0 saturated carbocycles. The summed E-state index contributed by atoms with van der Waals surface area (Å²) in [6.45, 7) is 2.43. The van der Waals surface area contributed by atoms with E-state index in [0.717, 1.165) is 12.8 Å². The number of aliphatic hydroxyl groups excluding tert-OH is 1. The van der Waals surface area contributed by atoms with Gasteiger partial charge in [0.05, 0.1) is 11.9 Å². The van der Waals surface area contributed by atoms with Crippen molar-refractivity contribution in [1.82, 2.24) is 4.72 Å². The second-order valence-corrected chi connectivity index (χ2v) is 5.73. The molecule has 1 fully saturated rings. The predicted octanol–water partition coefficient (Wildman–Crippen LogP) is -0.144. The Bertz CT molecular complexity index is 272. The van der Waals surface area contributed by atoms with Gasteiger partial charge in [-0.25, -0.2) is 13.1 Å². The van der Waals surface area contributed by atoms with Gasteiger partial charge in [0.25, 0.3) is 0 Å². The molecule has 1 saturated heterocycles. The number of rotatable bonds is 6. The minimum Gasteiger partial charge on any atom is -0.396 e. The summed E-state index contributed by atoms with van der Waals surface area (Å²) < 4.78 is 30.9. The maximum atomic E-state index is 11.5. The molecule has 0 aromatic rings. The zero-order valence-electron chi connectivity index (χ0n) is 8.98. The molecule has 90 valence electrons. The van der Waals surface area contributed by atoms with E-state index < -0.39 is 10.0 Å². The Morgan fingerprint density at radius 3 is 2.87 bits per heavy atom. The molecule has 0 amide bonds. The van der Waals surface area contributed by atoms with Crippen LogP contribution in [0.5, 0.6) is 0 Å². The molecule has 15 heavy (non-hydrogen) atoms. The highest BCUT2D eigenvalue weighted by Crippen LogP contribution is 2.15. The van der Waals surface area contributed by atoms with Gasteiger partial charge in [0.1, 0.15) is 0 Å². The summed E-state index contributed by atoms with van der Waals surface area (Å²) in [5.74, 6) is -0.0272. The van der Waals surface area contributed by atoms with Gasteiger partial charge in [-0.05, 0) is 26.2 Å². The van der Waals surface area contributed by atoms with Gasteiger partial charge in [-0.15, -0.1) is 0 Å². The van der Waals surface area contributed by atoms with E-state index in [1.54, 1.807) is 0 Å². The SMILES string of the molecule is CC(NS(=O)(=O)CCCO)C1CCCO1. The van der Waals surface area contributed by atoms with Gasteiger partial charge in [0, 0.05) is 19.3 Å². The number of nitrogens with one attached hydrogen (secondary N) is 1. The molecule has 5 nitrogen and oxygen atoms in total. The van der Waals surface area contributed by atoms with Crippen molar-refractivity contribution in [2.45, 2.75) is 38.3 Å². The van der Waals surface area contributed by atoms with Crippen LogP contribution in [-0.4, -0.2) is 44.6 Å². The zero-order chi connectivity index (χ0) is 11.3. The minimum absolute atomic E-state index is 0.00565. The number of sulfonamides is 1. The van der Waals surface area contributed by atoms with Crippen LogP contribution in [0.4, 0.5) is 0 Å². The Labute approximate surface area is 90.9 Å². The first kappa shape index (κ1) is 12.9. The molecule has 0 radical (unpaired) electrons. The Morgan fingerprint density at radius 1 is 1.60 bits per heavy atom. The van der Waals surface area contributed by atoms with Crippen molar-refractivity contribution in [2.75, 3.05) is 19.0 Å². The molecule has 1 aliphatic heterocycles. The molecule has 1 aliphatic rings. The van der Waals surface area contributed by atoms with E-state index in [9.17, 15) is 8.42 Å². The first-order chi connectivity index (χ1) is 7.05. The molecule has 0 aromatic carbocycles. The highest BCUT2D eigenvalue weighted by molar-refractivity contribution is 7.89. The Balaban J connectivity index is 2.38. The second kappa shape index (κ2) is 5.79. The van der Waals surface area contributed by atoms with Crippen molar-refractivity contribution < 1.29 is 18.3 Å². The Kier molecular flexibility index (Phi) is 4.98. The summed E-state index contributed by atoms with van der Waals surface area (Å²) in [5.41, 5.74) is 0. The Morgan fingerprint density at radius 2 is 2.33 bits per heavy atom. The van der Waals surface area contributed by atoms with E-state index in [0.29, 0.717) is 6.61 Å². The highest BCUT2D eigenvalue weighted by Gasteiger charge is 2.25. The van der Waals surface area contributed by atoms with Crippen LogP contribution in [0.15, 0.2) is 0 Å². The number of aliphatic hydroxyl groups is 1. The largest absolute Gasteiger partial charge is 0.396 e. The van der Waals surface area contributed by atoms with Crippen LogP contribution in [0, 0.1) is 0 Å². The van der Waals surface area contributed by atoms with E-state index in [2.05, 4.69) is 4.72 Å². The van der Waals surface area contributed by atoms with Crippen molar-refractivity contribution in [3.8, 4) is 0 Å². The molecule has 0 aromatic heterocycles. The van der Waals surface area contributed by atoms with Crippen LogP contribution in [-0.2, 0) is 14.8 Å². The molecule has 0 aliphatic carbocycles. The quantitative estimate of drug-likeness (QED) is 0.674. The maximum Gasteiger partial charge on any atom is 0.212 e. The molecule has 1 heterocycles. The van der Waals surface area contributed by atoms with E-state index in [-0.39, 0.29) is 30.9 Å². The average Bonchev–Trinajstić information content (AvgIpc) is 2.67. The van der Waals surface area contributed by atoms with Crippen molar-refractivity contribution in [3.05, 3.63) is 0 Å². The maximum absolute atomic E-state index is 11.5. The standard InChI is InChI=1S/C9H19NO4S/c1-8(9-4-2-6-14-9)10-15(12,13)7-3-5-11/h8-11H,2-7H2,1H3. The van der Waals surface area contributed by atoms with Gasteiger partial charge in [-0.1, -0.05) is 0 Å². The predicted molar refractivity (Wildman–Crippen MR) is 57.1 cm³/mol. The minimum atomic E-state index is -3.27. The van der Waals surface area contributed by atoms with Crippen LogP contribution in [0.3, 0.4) is 0 Å². The van der Waals surface area contributed by atoms with E-state index in [1.807, 2.05) is 6.92 Å². The van der Waals surface area contributed by atoms with Crippen LogP contribution >= 0.6 is 0 Å². The summed E-state index contributed by atoms with van der Waals surface area (Å²) in [7, 11) is -3.27. The fourth-order valence-electron chi connectivity index (χ4n) is 1.67. The number of hydrogen-bond donors (Lipinski definition) is 2. The molecule has 6 heteroatoms. The summed E-state index contributed by atoms with van der Waals surface area (Å²) in [5, 5.41) is 8.56. The fourth-order valence-corrected chi connectivity index (χ4v) is 3.01. The van der Waals surface area contributed by atoms with Crippen molar-refractivity contribution >= 4 is 10.0 Å². The number of ether oxygens (including phenoxy) is 1. The van der Waals surface area contributed by atoms with Crippen LogP contribution in [0.1, 0.15) is 26.2 Å². The summed E-state index contributed by atoms with van der Waals surface area (Å²) >= 11 is 0. The van der Waals surface area contributed by atoms with Crippen molar-refractivity contribution in [2.24, 2.45) is 0 Å². The molecular formula is C9H19NO4S. The summed E-state index contributed by atoms with van der Waals surface area (Å²) in [6.07, 6.45) is 2.17. The van der Waals surface area contributed by atoms with Gasteiger partial charge in [0.2, 0.25) is 10.0 Å². The monoisotopic (exact) mass is 237 g/mol. The highest BCUT2D eigenvalue weighted by atomic mass is 32.2. The Hall–Kier alpha value is -0.170. The third kappa shape index (κ3) is 4.46. The molecule has 1 rings (SSSR count). The lowest BCUT2D eigenvalue weighted by molar-refractivity contribution is 0.0902. The van der Waals surface area contributed by atoms with Crippen LogP contribution in [0.2, 0.25) is 0 Å². The molecule has 2 unspecified atom stereocenters. The second-order valence-electron chi connectivity index (χ2n) is 3.85. The van der Waals surface area contributed by atoms with Gasteiger partial charge < -0.3 is 9.84 Å². The van der Waals surface area contributed by atoms with Crippen LogP contribution in [0.25, 0.3) is 0 Å². The third-order valence-electron chi connectivity index (χ3n) is 2.46. The first-order valence-corrected chi connectivity index (χ1v) is 6.93. The average molecular weight is 237 g/mol. The van der Waals surface area contributed by atoms with Gasteiger partial charge in [0.15, 0.2) is 0 Å². The van der Waals surface area contributed by atoms with Gasteiger partial charge in [-0.3, -0.25) is 0 Å². The lowest BCUT2D eigenvalue weighted by atomic mass is 10.1. The molecule has 2 atom stereocenters. The summed E-state index contributed by atoms with van der Waals surface area (Å²) in [4.78, 5) is 0. The van der Waals surface area contributed by atoms with E-state index in [1.165, 1.54) is 0 Å². The fraction of sp³-hybridized carbons (Fsp3) is 1.00. The van der Waals surface area contributed by atoms with Crippen LogP contribution < -0.4 is 4.72 Å². The van der Waals surface area contributed by atoms with Gasteiger partial charge >= 0.3 is 0 Å². The van der Waals surface area contributed by atoms with Crippen molar-refractivity contribution in [3.63, 3.8) is 0 Å². The van der Waals surface area contributed by atoms with Gasteiger partial charge in [-0.2, -0.15) is 0 Å². The van der Waals surface area contributed by atoms with E-state index in [4.69, 9.17) is 9.84 Å². The molecule has 0 spiro atoms. The third-order valence-corrected chi connectivity index (χ3v) is 4.02. The van der Waals surface area contributed by atoms with E-state index >= 15 is 0 Å². The molecule has 0 bridgehead atoms. The topological polar surface area (TPSA) is 75.6 Å². The lowest BCUT2D eigenvalue weighted by Crippen LogP contribution is -2.41. The zero-order valence-corrected chi connectivity index (χ0v) is 9.79. The lowest BCUT2D eigenvalue weighted by Gasteiger charge is -2.19. The first-order valence-electron chi connectivity index (χ1n) is 5.27. The number of hydrogen-bond acceptors (Lipinski definition) is 4. The smallest absolute Gasteiger partial charge is 0.212 e. The molecule has 2 N–H and O–H groups in total. The summed E-state index contributed by atoms with van der Waals surface area (Å²) in [6, 6.07) is -0.184.